The maximum atomic E-state index is 12.7. The summed E-state index contributed by atoms with van der Waals surface area (Å²) < 4.78 is 32.5. The summed E-state index contributed by atoms with van der Waals surface area (Å²) in [6.45, 7) is 4.96. The van der Waals surface area contributed by atoms with Crippen LogP contribution in [-0.4, -0.2) is 36.7 Å². The van der Waals surface area contributed by atoms with Crippen LogP contribution in [0.2, 0.25) is 0 Å². The van der Waals surface area contributed by atoms with Gasteiger partial charge in [0.1, 0.15) is 6.61 Å². The number of pyridine rings is 1. The highest BCUT2D eigenvalue weighted by molar-refractivity contribution is 7.89. The first kappa shape index (κ1) is 23.4. The van der Waals surface area contributed by atoms with Gasteiger partial charge in [0.05, 0.1) is 4.90 Å². The number of amides is 1. The van der Waals surface area contributed by atoms with Gasteiger partial charge in [-0.05, 0) is 35.4 Å². The first-order valence-electron chi connectivity index (χ1n) is 10.4. The molecule has 1 heterocycles. The summed E-state index contributed by atoms with van der Waals surface area (Å²) in [5.41, 5.74) is 2.14. The minimum atomic E-state index is -3.63. The molecule has 2 aromatic carbocycles. The van der Waals surface area contributed by atoms with Gasteiger partial charge in [-0.1, -0.05) is 50.2 Å². The Bertz CT molecular complexity index is 1150. The third kappa shape index (κ3) is 5.93. The van der Waals surface area contributed by atoms with Crippen molar-refractivity contribution < 1.29 is 17.9 Å². The first-order chi connectivity index (χ1) is 15.4. The second-order valence-electron chi connectivity index (χ2n) is 7.08. The van der Waals surface area contributed by atoms with Crippen LogP contribution in [0.25, 0.3) is 0 Å². The zero-order valence-corrected chi connectivity index (χ0v) is 19.0. The van der Waals surface area contributed by atoms with Crippen LogP contribution in [0.3, 0.4) is 0 Å². The van der Waals surface area contributed by atoms with E-state index in [2.05, 4.69) is 10.3 Å². The molecule has 1 amide bonds. The van der Waals surface area contributed by atoms with Crippen molar-refractivity contribution >= 4 is 15.9 Å². The zero-order chi connectivity index (χ0) is 23.0. The molecule has 0 atom stereocenters. The van der Waals surface area contributed by atoms with Gasteiger partial charge >= 0.3 is 0 Å². The molecular formula is C24H27N3O4S. The molecule has 3 aromatic rings. The molecule has 168 valence electrons. The number of carbonyl (C=O) groups is 1. The van der Waals surface area contributed by atoms with Gasteiger partial charge in [-0.15, -0.1) is 0 Å². The maximum absolute atomic E-state index is 12.7. The van der Waals surface area contributed by atoms with Gasteiger partial charge in [-0.3, -0.25) is 4.79 Å². The van der Waals surface area contributed by atoms with E-state index < -0.39 is 10.0 Å². The Morgan fingerprint density at radius 1 is 0.969 bits per heavy atom. The third-order valence-electron chi connectivity index (χ3n) is 4.92. The lowest BCUT2D eigenvalue weighted by Crippen LogP contribution is -2.31. The van der Waals surface area contributed by atoms with Crippen molar-refractivity contribution in [1.29, 1.82) is 0 Å². The molecule has 0 aliphatic rings. The molecule has 7 nitrogen and oxygen atoms in total. The number of hydrogen-bond donors (Lipinski definition) is 1. The number of sulfonamides is 1. The van der Waals surface area contributed by atoms with Gasteiger partial charge in [0.25, 0.3) is 5.91 Å². The Morgan fingerprint density at radius 2 is 1.72 bits per heavy atom. The predicted molar refractivity (Wildman–Crippen MR) is 123 cm³/mol. The number of benzene rings is 2. The molecular weight excluding hydrogens is 426 g/mol. The third-order valence-corrected chi connectivity index (χ3v) is 6.97. The summed E-state index contributed by atoms with van der Waals surface area (Å²) in [6.07, 6.45) is 1.62. The molecule has 0 aliphatic heterocycles. The fourth-order valence-electron chi connectivity index (χ4n) is 3.17. The number of hydrogen-bond acceptors (Lipinski definition) is 5. The normalized spacial score (nSPS) is 11.3. The molecule has 8 heteroatoms. The summed E-state index contributed by atoms with van der Waals surface area (Å²) in [7, 11) is -3.63. The van der Waals surface area contributed by atoms with E-state index >= 15 is 0 Å². The summed E-state index contributed by atoms with van der Waals surface area (Å²) >= 11 is 0. The average Bonchev–Trinajstić information content (AvgIpc) is 2.83. The van der Waals surface area contributed by atoms with Crippen LogP contribution in [0, 0.1) is 0 Å². The van der Waals surface area contributed by atoms with E-state index in [1.807, 2.05) is 30.3 Å². The van der Waals surface area contributed by atoms with Crippen LogP contribution >= 0.6 is 0 Å². The van der Waals surface area contributed by atoms with E-state index in [0.717, 1.165) is 11.1 Å². The number of nitrogens with one attached hydrogen (secondary N) is 1. The molecule has 3 rings (SSSR count). The van der Waals surface area contributed by atoms with Gasteiger partial charge in [0, 0.05) is 37.5 Å². The van der Waals surface area contributed by atoms with E-state index in [1.165, 1.54) is 16.4 Å². The minimum absolute atomic E-state index is 0.106. The van der Waals surface area contributed by atoms with Crippen molar-refractivity contribution in [2.45, 2.75) is 31.9 Å². The smallest absolute Gasteiger partial charge is 0.251 e. The monoisotopic (exact) mass is 453 g/mol. The standard InChI is InChI=1S/C24H27N3O4S/c1-3-27(4-2)32(29,30)22-12-8-11-21(16-22)24(28)26-17-20-13-14-25-23(15-20)31-18-19-9-6-5-7-10-19/h5-16H,3-4,17-18H2,1-2H3,(H,26,28). The highest BCUT2D eigenvalue weighted by Gasteiger charge is 2.22. The molecule has 1 aromatic heterocycles. The summed E-state index contributed by atoms with van der Waals surface area (Å²) in [5.74, 6) is 0.109. The first-order valence-corrected chi connectivity index (χ1v) is 11.9. The molecule has 0 saturated heterocycles. The molecule has 0 aliphatic carbocycles. The molecule has 0 bridgehead atoms. The van der Waals surface area contributed by atoms with Crippen LogP contribution in [-0.2, 0) is 23.2 Å². The van der Waals surface area contributed by atoms with Crippen LogP contribution in [0.4, 0.5) is 0 Å². The Labute approximate surface area is 189 Å². The highest BCUT2D eigenvalue weighted by Crippen LogP contribution is 2.17. The highest BCUT2D eigenvalue weighted by atomic mass is 32.2. The second kappa shape index (κ2) is 10.9. The molecule has 0 spiro atoms. The van der Waals surface area contributed by atoms with Gasteiger partial charge in [-0.25, -0.2) is 13.4 Å². The number of ether oxygens (including phenoxy) is 1. The molecule has 0 unspecified atom stereocenters. The SMILES string of the molecule is CCN(CC)S(=O)(=O)c1cccc(C(=O)NCc2ccnc(OCc3ccccc3)c2)c1. The lowest BCUT2D eigenvalue weighted by Gasteiger charge is -2.18. The lowest BCUT2D eigenvalue weighted by molar-refractivity contribution is 0.0950. The Balaban J connectivity index is 1.64. The van der Waals surface area contributed by atoms with Crippen molar-refractivity contribution in [1.82, 2.24) is 14.6 Å². The predicted octanol–water partition coefficient (Wildman–Crippen LogP) is 3.62. The molecule has 0 radical (unpaired) electrons. The Hall–Kier alpha value is -3.23. The zero-order valence-electron chi connectivity index (χ0n) is 18.2. The summed E-state index contributed by atoms with van der Waals surface area (Å²) in [5, 5.41) is 2.82. The summed E-state index contributed by atoms with van der Waals surface area (Å²) in [4.78, 5) is 16.9. The van der Waals surface area contributed by atoms with E-state index in [1.54, 1.807) is 44.3 Å². The Kier molecular flexibility index (Phi) is 7.97. The largest absolute Gasteiger partial charge is 0.473 e. The maximum Gasteiger partial charge on any atom is 0.251 e. The van der Waals surface area contributed by atoms with E-state index in [9.17, 15) is 13.2 Å². The number of rotatable bonds is 10. The summed E-state index contributed by atoms with van der Waals surface area (Å²) in [6, 6.07) is 19.4. The van der Waals surface area contributed by atoms with Gasteiger partial charge in [0.15, 0.2) is 0 Å². The minimum Gasteiger partial charge on any atom is -0.473 e. The van der Waals surface area contributed by atoms with Gasteiger partial charge < -0.3 is 10.1 Å². The van der Waals surface area contributed by atoms with E-state index in [-0.39, 0.29) is 22.9 Å². The van der Waals surface area contributed by atoms with Gasteiger partial charge in [0.2, 0.25) is 15.9 Å². The number of aromatic nitrogens is 1. The lowest BCUT2D eigenvalue weighted by atomic mass is 10.2. The van der Waals surface area contributed by atoms with Crippen LogP contribution < -0.4 is 10.1 Å². The Morgan fingerprint density at radius 3 is 2.44 bits per heavy atom. The van der Waals surface area contributed by atoms with Crippen molar-refractivity contribution in [3.8, 4) is 5.88 Å². The second-order valence-corrected chi connectivity index (χ2v) is 9.01. The van der Waals surface area contributed by atoms with Crippen LogP contribution in [0.1, 0.15) is 35.3 Å². The van der Waals surface area contributed by atoms with Crippen molar-refractivity contribution in [2.24, 2.45) is 0 Å². The average molecular weight is 454 g/mol. The van der Waals surface area contributed by atoms with Crippen molar-refractivity contribution in [3.05, 3.63) is 89.6 Å². The fraction of sp³-hybridized carbons (Fsp3) is 0.250. The fourth-order valence-corrected chi connectivity index (χ4v) is 4.67. The van der Waals surface area contributed by atoms with Crippen molar-refractivity contribution in [3.63, 3.8) is 0 Å². The number of carbonyl (C=O) groups excluding carboxylic acids is 1. The molecule has 1 N–H and O–H groups in total. The quantitative estimate of drug-likeness (QED) is 0.507. The number of nitrogens with zero attached hydrogens (tertiary/aromatic N) is 2. The molecule has 32 heavy (non-hydrogen) atoms. The topological polar surface area (TPSA) is 88.6 Å². The molecule has 0 fully saturated rings. The van der Waals surface area contributed by atoms with Crippen LogP contribution in [0.15, 0.2) is 77.8 Å². The van der Waals surface area contributed by atoms with E-state index in [4.69, 9.17) is 4.74 Å². The molecule has 0 saturated carbocycles. The van der Waals surface area contributed by atoms with E-state index in [0.29, 0.717) is 25.6 Å². The van der Waals surface area contributed by atoms with Gasteiger partial charge in [-0.2, -0.15) is 4.31 Å². The van der Waals surface area contributed by atoms with Crippen molar-refractivity contribution in [2.75, 3.05) is 13.1 Å². The van der Waals surface area contributed by atoms with Crippen LogP contribution in [0.5, 0.6) is 5.88 Å².